The molecule has 1 saturated heterocycles. The van der Waals surface area contributed by atoms with Gasteiger partial charge in [-0.3, -0.25) is 52.7 Å². The molecule has 0 spiro atoms. The van der Waals surface area contributed by atoms with Gasteiger partial charge in [0, 0.05) is 44.9 Å². The van der Waals surface area contributed by atoms with Crippen molar-refractivity contribution in [1.29, 1.82) is 0 Å². The number of hydrogen-bond acceptors (Lipinski definition) is 14. The van der Waals surface area contributed by atoms with Gasteiger partial charge in [0.15, 0.2) is 0 Å². The fraction of sp³-hybridized carbons (Fsp3) is 0.790. The highest BCUT2D eigenvalue weighted by molar-refractivity contribution is 6.00. The summed E-state index contributed by atoms with van der Waals surface area (Å²) in [5, 5.41) is 46.7. The third-order valence-corrected chi connectivity index (χ3v) is 15.1. The minimum absolute atomic E-state index is 0.00837. The first-order valence-corrected chi connectivity index (χ1v) is 30.8. The number of carbonyl (C=O) groups excluding carboxylic acids is 11. The van der Waals surface area contributed by atoms with Gasteiger partial charge in [0.05, 0.1) is 12.2 Å². The van der Waals surface area contributed by atoms with Gasteiger partial charge in [-0.25, -0.2) is 0 Å². The number of ketones is 1. The Morgan fingerprint density at radius 2 is 1.15 bits per heavy atom. The molecule has 0 saturated carbocycles. The van der Waals surface area contributed by atoms with E-state index in [2.05, 4.69) is 47.9 Å². The molecule has 0 aromatic heterocycles. The zero-order chi connectivity index (χ0) is 66.4. The fourth-order valence-electron chi connectivity index (χ4n) is 9.77. The number of Topliss-reactive ketones (excluding diaryl/α,β-unsaturated/α-hetero) is 1. The summed E-state index contributed by atoms with van der Waals surface area (Å²) in [6.07, 6.45) is 2.07. The molecular formula is C62H111N11O13. The third-order valence-electron chi connectivity index (χ3n) is 15.1. The first kappa shape index (κ1) is 78.0. The van der Waals surface area contributed by atoms with E-state index >= 15 is 0 Å². The molecule has 492 valence electrons. The van der Waals surface area contributed by atoms with Crippen LogP contribution in [0.15, 0.2) is 12.2 Å². The van der Waals surface area contributed by atoms with E-state index in [1.54, 1.807) is 33.8 Å². The summed E-state index contributed by atoms with van der Waals surface area (Å²) in [4.78, 5) is 154. The predicted molar refractivity (Wildman–Crippen MR) is 330 cm³/mol. The molecule has 0 aromatic carbocycles. The lowest BCUT2D eigenvalue weighted by Gasteiger charge is -2.34. The molecule has 1 aliphatic rings. The second-order valence-corrected chi connectivity index (χ2v) is 27.1. The van der Waals surface area contributed by atoms with Crippen LogP contribution in [0, 0.1) is 35.5 Å². The molecule has 11 atom stereocenters. The average molecular weight is 1220 g/mol. The Balaban J connectivity index is 3.44. The average Bonchev–Trinajstić information content (AvgIpc) is 3.94. The number of aliphatic hydroxyl groups is 2. The second kappa shape index (κ2) is 35.7. The van der Waals surface area contributed by atoms with E-state index in [1.807, 2.05) is 74.4 Å². The van der Waals surface area contributed by atoms with Crippen LogP contribution in [0.5, 0.6) is 0 Å². The second-order valence-electron chi connectivity index (χ2n) is 27.1. The number of likely N-dealkylation sites (tertiary alicyclic amines) is 1. The van der Waals surface area contributed by atoms with Crippen molar-refractivity contribution in [3.05, 3.63) is 12.2 Å². The SMILES string of the molecule is CCC(=O)C[C@@H](O)C[C@@H](C)C[C@H](NC(=O)[C@@H]1C[C@H](C)CN1C(=O)/C=C/[C@H](C)CC)C(=O)N[C@H](C(=O)NC(C)(C)C(=O)N[C@H](CC(C)C)C(=O)N[C@@H](CC(C)C)C(=O)NC(C)(C)C(=O)NC(C)(C)C(=O)NCCC(=O)N[C@H](C)CN(C)C)[C@H](O)C(C)C. The number of nitrogens with zero attached hydrogens (tertiary/aromatic N) is 2. The number of rotatable bonds is 37. The lowest BCUT2D eigenvalue weighted by Crippen LogP contribution is -2.66. The van der Waals surface area contributed by atoms with Crippen molar-refractivity contribution in [2.24, 2.45) is 35.5 Å². The molecule has 0 radical (unpaired) electrons. The highest BCUT2D eigenvalue weighted by Gasteiger charge is 2.43. The van der Waals surface area contributed by atoms with Gasteiger partial charge in [0.25, 0.3) is 0 Å². The summed E-state index contributed by atoms with van der Waals surface area (Å²) >= 11 is 0. The molecule has 11 N–H and O–H groups in total. The van der Waals surface area contributed by atoms with Crippen LogP contribution in [0.3, 0.4) is 0 Å². The number of carbonyl (C=O) groups is 11. The maximum Gasteiger partial charge on any atom is 0.246 e. The van der Waals surface area contributed by atoms with E-state index < -0.39 is 118 Å². The Kier molecular flexibility index (Phi) is 32.4. The van der Waals surface area contributed by atoms with Gasteiger partial charge in [-0.1, -0.05) is 88.7 Å². The molecule has 1 heterocycles. The van der Waals surface area contributed by atoms with Crippen molar-refractivity contribution in [2.75, 3.05) is 33.7 Å². The molecule has 1 aliphatic heterocycles. The van der Waals surface area contributed by atoms with E-state index in [1.165, 1.54) is 52.5 Å². The molecule has 86 heavy (non-hydrogen) atoms. The zero-order valence-corrected chi connectivity index (χ0v) is 55.5. The standard InChI is InChI=1S/C62H111N11O13/c1-21-38(9)23-24-49(77)73-33-40(11)31-47(73)55(82)66-46(30-39(10)29-43(75)32-42(74)22-2)53(80)68-50(51(78)37(7)8)56(83)70-61(15,16)58(85)67-44(27-35(3)4)52(79)65-45(28-36(5)6)54(81)69-62(17,18)59(86)71-60(13,14)57(84)63-26-25-48(76)64-41(12)34-72(19)20/h23-24,35-41,43-47,50-51,75,78H,21-22,25-34H2,1-20H3,(H,63,84)(H,64,76)(H,65,79)(H,66,82)(H,67,85)(H,68,80)(H,69,81)(H,70,83)(H,71,86)/b24-23+/t38-,39-,40+,41-,43+,44-,45+,46+,47+,50+,51-/m1/s1. The fourth-order valence-corrected chi connectivity index (χ4v) is 9.77. The van der Waals surface area contributed by atoms with Crippen LogP contribution in [0.2, 0.25) is 0 Å². The number of aliphatic hydroxyl groups excluding tert-OH is 2. The Hall–Kier alpha value is -6.01. The molecule has 1 fully saturated rings. The normalized spacial score (nSPS) is 18.0. The summed E-state index contributed by atoms with van der Waals surface area (Å²) in [6.45, 7) is 31.1. The van der Waals surface area contributed by atoms with Crippen molar-refractivity contribution in [2.45, 2.75) is 247 Å². The molecule has 0 aliphatic carbocycles. The minimum atomic E-state index is -1.82. The van der Waals surface area contributed by atoms with Crippen LogP contribution in [-0.2, 0) is 52.7 Å². The van der Waals surface area contributed by atoms with Gasteiger partial charge in [0.2, 0.25) is 59.1 Å². The van der Waals surface area contributed by atoms with Gasteiger partial charge < -0.3 is 67.9 Å². The maximum absolute atomic E-state index is 14.6. The Bertz CT molecular complexity index is 2340. The largest absolute Gasteiger partial charge is 0.393 e. The van der Waals surface area contributed by atoms with Gasteiger partial charge in [-0.15, -0.1) is 0 Å². The van der Waals surface area contributed by atoms with E-state index in [-0.39, 0.29) is 98.8 Å². The number of allylic oxidation sites excluding steroid dienone is 1. The monoisotopic (exact) mass is 1220 g/mol. The number of nitrogens with one attached hydrogen (secondary N) is 9. The van der Waals surface area contributed by atoms with Gasteiger partial charge in [0.1, 0.15) is 52.6 Å². The molecule has 0 aromatic rings. The van der Waals surface area contributed by atoms with Crippen molar-refractivity contribution in [3.8, 4) is 0 Å². The first-order valence-electron chi connectivity index (χ1n) is 30.8. The Labute approximate surface area is 512 Å². The van der Waals surface area contributed by atoms with Crippen molar-refractivity contribution >= 4 is 64.9 Å². The molecule has 24 heteroatoms. The molecule has 10 amide bonds. The summed E-state index contributed by atoms with van der Waals surface area (Å²) in [7, 11) is 3.77. The third kappa shape index (κ3) is 27.4. The van der Waals surface area contributed by atoms with Crippen LogP contribution in [0.1, 0.15) is 182 Å². The van der Waals surface area contributed by atoms with Crippen LogP contribution < -0.4 is 47.9 Å². The molecular weight excluding hydrogens is 1110 g/mol. The number of amides is 10. The Morgan fingerprint density at radius 3 is 1.69 bits per heavy atom. The van der Waals surface area contributed by atoms with E-state index in [0.29, 0.717) is 19.5 Å². The number of likely N-dealkylation sites (N-methyl/N-ethyl adjacent to an activating group) is 1. The summed E-state index contributed by atoms with van der Waals surface area (Å²) in [6, 6.07) is -6.61. The smallest absolute Gasteiger partial charge is 0.246 e. The van der Waals surface area contributed by atoms with Crippen LogP contribution in [0.25, 0.3) is 0 Å². The first-order chi connectivity index (χ1) is 39.6. The summed E-state index contributed by atoms with van der Waals surface area (Å²) < 4.78 is 0. The highest BCUT2D eigenvalue weighted by Crippen LogP contribution is 2.25. The van der Waals surface area contributed by atoms with Gasteiger partial charge >= 0.3 is 0 Å². The summed E-state index contributed by atoms with van der Waals surface area (Å²) in [5.41, 5.74) is -4.93. The van der Waals surface area contributed by atoms with E-state index in [9.17, 15) is 63.0 Å². The topological polar surface area (TPSA) is 343 Å². The van der Waals surface area contributed by atoms with Crippen LogP contribution >= 0.6 is 0 Å². The molecule has 1 rings (SSSR count). The predicted octanol–water partition coefficient (Wildman–Crippen LogP) is 2.28. The summed E-state index contributed by atoms with van der Waals surface area (Å²) in [5.74, 6) is -8.25. The van der Waals surface area contributed by atoms with Gasteiger partial charge in [-0.05, 0) is 136 Å². The molecule has 24 nitrogen and oxygen atoms in total. The van der Waals surface area contributed by atoms with Crippen molar-refractivity contribution in [3.63, 3.8) is 0 Å². The maximum atomic E-state index is 14.6. The number of hydrogen-bond donors (Lipinski definition) is 11. The quantitative estimate of drug-likeness (QED) is 0.0398. The molecule has 0 bridgehead atoms. The van der Waals surface area contributed by atoms with Crippen molar-refractivity contribution < 1.29 is 63.0 Å². The van der Waals surface area contributed by atoms with Crippen molar-refractivity contribution in [1.82, 2.24) is 57.7 Å². The van der Waals surface area contributed by atoms with Crippen LogP contribution in [-0.4, -0.2) is 184 Å². The Morgan fingerprint density at radius 1 is 0.628 bits per heavy atom. The lowest BCUT2D eigenvalue weighted by molar-refractivity contribution is -0.140. The highest BCUT2D eigenvalue weighted by atomic mass is 16.3. The lowest BCUT2D eigenvalue weighted by atomic mass is 9.92. The minimum Gasteiger partial charge on any atom is -0.393 e. The van der Waals surface area contributed by atoms with Crippen LogP contribution in [0.4, 0.5) is 0 Å². The van der Waals surface area contributed by atoms with Gasteiger partial charge in [-0.2, -0.15) is 0 Å². The van der Waals surface area contributed by atoms with E-state index in [4.69, 9.17) is 0 Å². The zero-order valence-electron chi connectivity index (χ0n) is 55.5. The van der Waals surface area contributed by atoms with E-state index in [0.717, 1.165) is 6.42 Å². The molecule has 0 unspecified atom stereocenters.